The summed E-state index contributed by atoms with van der Waals surface area (Å²) in [6.45, 7) is 3.99. The third kappa shape index (κ3) is 3.60. The van der Waals surface area contributed by atoms with Gasteiger partial charge in [0.2, 0.25) is 0 Å². The fraction of sp³-hybridized carbons (Fsp3) is 0.100. The van der Waals surface area contributed by atoms with Crippen LogP contribution < -0.4 is 20.9 Å². The van der Waals surface area contributed by atoms with Crippen molar-refractivity contribution in [3.63, 3.8) is 0 Å². The highest BCUT2D eigenvalue weighted by Crippen LogP contribution is 2.34. The van der Waals surface area contributed by atoms with E-state index in [0.717, 1.165) is 34.1 Å². The molecule has 0 heterocycles. The van der Waals surface area contributed by atoms with Gasteiger partial charge in [0.05, 0.1) is 0 Å². The lowest BCUT2D eigenvalue weighted by Crippen LogP contribution is -1.94. The Kier molecular flexibility index (Phi) is 4.29. The van der Waals surface area contributed by atoms with Gasteiger partial charge >= 0.3 is 0 Å². The van der Waals surface area contributed by atoms with Gasteiger partial charge in [-0.15, -0.1) is 0 Å². The molecule has 0 spiro atoms. The molecule has 0 amide bonds. The van der Waals surface area contributed by atoms with Gasteiger partial charge in [-0.05, 0) is 85.6 Å². The predicted molar refractivity (Wildman–Crippen MR) is 97.8 cm³/mol. The number of anilines is 2. The van der Waals surface area contributed by atoms with Crippen LogP contribution in [0.4, 0.5) is 11.4 Å². The lowest BCUT2D eigenvalue weighted by Gasteiger charge is -2.14. The van der Waals surface area contributed by atoms with Crippen LogP contribution in [-0.2, 0) is 0 Å². The number of benzene rings is 3. The van der Waals surface area contributed by atoms with Crippen molar-refractivity contribution in [2.75, 3.05) is 11.5 Å². The van der Waals surface area contributed by atoms with Crippen molar-refractivity contribution in [1.82, 2.24) is 0 Å². The summed E-state index contributed by atoms with van der Waals surface area (Å²) >= 11 is 0. The van der Waals surface area contributed by atoms with E-state index in [1.807, 2.05) is 74.5 Å². The van der Waals surface area contributed by atoms with Gasteiger partial charge in [0.1, 0.15) is 23.0 Å². The Morgan fingerprint density at radius 2 is 1.00 bits per heavy atom. The highest BCUT2D eigenvalue weighted by molar-refractivity contribution is 5.51. The summed E-state index contributed by atoms with van der Waals surface area (Å²) in [4.78, 5) is 0. The number of nitrogens with two attached hydrogens (primary N) is 2. The second-order valence-corrected chi connectivity index (χ2v) is 5.73. The monoisotopic (exact) mass is 320 g/mol. The van der Waals surface area contributed by atoms with Crippen LogP contribution in [0.3, 0.4) is 0 Å². The quantitative estimate of drug-likeness (QED) is 0.660. The normalized spacial score (nSPS) is 10.4. The van der Waals surface area contributed by atoms with Crippen molar-refractivity contribution >= 4 is 11.4 Å². The van der Waals surface area contributed by atoms with Crippen molar-refractivity contribution < 1.29 is 9.47 Å². The SMILES string of the molecule is Cc1cc(Oc2ccc(N)cc2)cc(C)c1Oc1ccc(N)cc1. The van der Waals surface area contributed by atoms with Gasteiger partial charge in [-0.25, -0.2) is 0 Å². The minimum Gasteiger partial charge on any atom is -0.457 e. The molecule has 0 atom stereocenters. The Hall–Kier alpha value is -3.14. The number of ether oxygens (including phenoxy) is 2. The number of hydrogen-bond donors (Lipinski definition) is 2. The maximum atomic E-state index is 5.99. The summed E-state index contributed by atoms with van der Waals surface area (Å²) in [5.74, 6) is 3.08. The third-order valence-electron chi connectivity index (χ3n) is 3.65. The Morgan fingerprint density at radius 1 is 0.583 bits per heavy atom. The Bertz CT molecular complexity index is 818. The van der Waals surface area contributed by atoms with E-state index in [1.54, 1.807) is 0 Å². The predicted octanol–water partition coefficient (Wildman–Crippen LogP) is 5.05. The molecule has 3 aromatic rings. The van der Waals surface area contributed by atoms with E-state index in [-0.39, 0.29) is 0 Å². The fourth-order valence-corrected chi connectivity index (χ4v) is 2.46. The highest BCUT2D eigenvalue weighted by Gasteiger charge is 2.09. The van der Waals surface area contributed by atoms with Crippen LogP contribution in [0.5, 0.6) is 23.0 Å². The molecule has 24 heavy (non-hydrogen) atoms. The van der Waals surface area contributed by atoms with Crippen LogP contribution in [0.25, 0.3) is 0 Å². The van der Waals surface area contributed by atoms with E-state index in [1.165, 1.54) is 0 Å². The summed E-state index contributed by atoms with van der Waals surface area (Å²) in [7, 11) is 0. The fourth-order valence-electron chi connectivity index (χ4n) is 2.46. The molecule has 3 aromatic carbocycles. The van der Waals surface area contributed by atoms with Crippen molar-refractivity contribution in [3.05, 3.63) is 71.8 Å². The zero-order valence-electron chi connectivity index (χ0n) is 13.7. The van der Waals surface area contributed by atoms with Gasteiger partial charge < -0.3 is 20.9 Å². The van der Waals surface area contributed by atoms with E-state index >= 15 is 0 Å². The average molecular weight is 320 g/mol. The molecule has 0 aliphatic rings. The van der Waals surface area contributed by atoms with Gasteiger partial charge in [-0.2, -0.15) is 0 Å². The minimum absolute atomic E-state index is 0.710. The Morgan fingerprint density at radius 3 is 1.46 bits per heavy atom. The summed E-state index contributed by atoms with van der Waals surface area (Å²) in [6, 6.07) is 18.6. The summed E-state index contributed by atoms with van der Waals surface area (Å²) in [5.41, 5.74) is 14.8. The van der Waals surface area contributed by atoms with Gasteiger partial charge in [-0.1, -0.05) is 0 Å². The third-order valence-corrected chi connectivity index (χ3v) is 3.65. The van der Waals surface area contributed by atoms with Crippen molar-refractivity contribution in [3.8, 4) is 23.0 Å². The van der Waals surface area contributed by atoms with Crippen LogP contribution >= 0.6 is 0 Å². The molecule has 0 unspecified atom stereocenters. The number of rotatable bonds is 4. The van der Waals surface area contributed by atoms with E-state index in [2.05, 4.69) is 0 Å². The maximum absolute atomic E-state index is 5.99. The zero-order chi connectivity index (χ0) is 17.1. The Labute approximate surface area is 141 Å². The Balaban J connectivity index is 1.82. The molecule has 0 aromatic heterocycles. The largest absolute Gasteiger partial charge is 0.457 e. The van der Waals surface area contributed by atoms with Gasteiger partial charge in [0, 0.05) is 11.4 Å². The molecule has 4 nitrogen and oxygen atoms in total. The number of nitrogen functional groups attached to an aromatic ring is 2. The second kappa shape index (κ2) is 6.54. The molecule has 4 heteroatoms. The molecule has 0 saturated heterocycles. The first-order valence-corrected chi connectivity index (χ1v) is 7.69. The van der Waals surface area contributed by atoms with Crippen LogP contribution in [0.1, 0.15) is 11.1 Å². The molecular formula is C20H20N2O2. The van der Waals surface area contributed by atoms with E-state index in [9.17, 15) is 0 Å². The standard InChI is InChI=1S/C20H20N2O2/c1-13-11-19(23-17-7-3-15(21)4-8-17)12-14(2)20(13)24-18-9-5-16(22)6-10-18/h3-12H,21-22H2,1-2H3. The van der Waals surface area contributed by atoms with Gasteiger partial charge in [0.15, 0.2) is 0 Å². The summed E-state index contributed by atoms with van der Waals surface area (Å²) < 4.78 is 11.9. The lowest BCUT2D eigenvalue weighted by atomic mass is 10.1. The molecule has 4 N–H and O–H groups in total. The molecule has 0 fully saturated rings. The molecule has 0 bridgehead atoms. The van der Waals surface area contributed by atoms with E-state index in [0.29, 0.717) is 11.4 Å². The van der Waals surface area contributed by atoms with Gasteiger partial charge in [-0.3, -0.25) is 0 Å². The lowest BCUT2D eigenvalue weighted by molar-refractivity contribution is 0.463. The molecule has 122 valence electrons. The van der Waals surface area contributed by atoms with Crippen LogP contribution in [-0.4, -0.2) is 0 Å². The zero-order valence-corrected chi connectivity index (χ0v) is 13.7. The minimum atomic E-state index is 0.710. The van der Waals surface area contributed by atoms with Crippen molar-refractivity contribution in [1.29, 1.82) is 0 Å². The second-order valence-electron chi connectivity index (χ2n) is 5.73. The molecule has 0 aliphatic carbocycles. The summed E-state index contributed by atoms with van der Waals surface area (Å²) in [5, 5.41) is 0. The summed E-state index contributed by atoms with van der Waals surface area (Å²) in [6.07, 6.45) is 0. The molecule has 3 rings (SSSR count). The average Bonchev–Trinajstić information content (AvgIpc) is 2.55. The molecular weight excluding hydrogens is 300 g/mol. The molecule has 0 radical (unpaired) electrons. The first-order valence-electron chi connectivity index (χ1n) is 7.69. The topological polar surface area (TPSA) is 70.5 Å². The van der Waals surface area contributed by atoms with Crippen LogP contribution in [0.2, 0.25) is 0 Å². The first-order chi connectivity index (χ1) is 11.5. The van der Waals surface area contributed by atoms with E-state index < -0.39 is 0 Å². The van der Waals surface area contributed by atoms with Crippen molar-refractivity contribution in [2.45, 2.75) is 13.8 Å². The van der Waals surface area contributed by atoms with Gasteiger partial charge in [0.25, 0.3) is 0 Å². The molecule has 0 saturated carbocycles. The van der Waals surface area contributed by atoms with E-state index in [4.69, 9.17) is 20.9 Å². The number of hydrogen-bond acceptors (Lipinski definition) is 4. The van der Waals surface area contributed by atoms with Crippen molar-refractivity contribution in [2.24, 2.45) is 0 Å². The highest BCUT2D eigenvalue weighted by atomic mass is 16.5. The smallest absolute Gasteiger partial charge is 0.133 e. The molecule has 0 aliphatic heterocycles. The maximum Gasteiger partial charge on any atom is 0.133 e. The number of aryl methyl sites for hydroxylation is 2. The van der Waals surface area contributed by atoms with Crippen LogP contribution in [0.15, 0.2) is 60.7 Å². The first kappa shape index (κ1) is 15.7. The van der Waals surface area contributed by atoms with Crippen LogP contribution in [0, 0.1) is 13.8 Å².